The molecule has 5 nitrogen and oxygen atoms in total. The van der Waals surface area contributed by atoms with E-state index >= 15 is 0 Å². The van der Waals surface area contributed by atoms with Crippen molar-refractivity contribution < 1.29 is 14.3 Å². The lowest BCUT2D eigenvalue weighted by atomic mass is 9.84. The van der Waals surface area contributed by atoms with Crippen LogP contribution in [0.15, 0.2) is 0 Å². The SMILES string of the molecule is COC(=O)CCCCCN[C@@H](CC1CCCCC1)C(N)=O.Cl. The first-order valence-electron chi connectivity index (χ1n) is 8.23. The number of methoxy groups -OCH3 is 1. The van der Waals surface area contributed by atoms with Crippen molar-refractivity contribution >= 4 is 24.3 Å². The van der Waals surface area contributed by atoms with Gasteiger partial charge in [-0.05, 0) is 31.7 Å². The molecule has 0 saturated heterocycles. The van der Waals surface area contributed by atoms with E-state index in [2.05, 4.69) is 10.1 Å². The van der Waals surface area contributed by atoms with Gasteiger partial charge in [0.25, 0.3) is 0 Å². The summed E-state index contributed by atoms with van der Waals surface area (Å²) < 4.78 is 4.60. The molecular formula is C16H31ClN2O3. The molecule has 1 fully saturated rings. The molecule has 3 N–H and O–H groups in total. The second kappa shape index (κ2) is 12.7. The zero-order chi connectivity index (χ0) is 15.5. The van der Waals surface area contributed by atoms with Crippen LogP contribution in [0.2, 0.25) is 0 Å². The number of nitrogens with two attached hydrogens (primary N) is 1. The van der Waals surface area contributed by atoms with Gasteiger partial charge in [0.2, 0.25) is 5.91 Å². The Kier molecular flexibility index (Phi) is 12.2. The topological polar surface area (TPSA) is 81.4 Å². The molecule has 1 amide bonds. The van der Waals surface area contributed by atoms with Gasteiger partial charge in [-0.3, -0.25) is 9.59 Å². The van der Waals surface area contributed by atoms with Crippen molar-refractivity contribution in [2.75, 3.05) is 13.7 Å². The standard InChI is InChI=1S/C16H30N2O3.ClH/c1-21-15(19)10-6-3-7-11-18-14(16(17)20)12-13-8-4-2-5-9-13;/h13-14,18H,2-12H2,1H3,(H2,17,20);1H/t14-;/m0./s1. The van der Waals surface area contributed by atoms with E-state index < -0.39 is 0 Å². The highest BCUT2D eigenvalue weighted by Crippen LogP contribution is 2.27. The molecule has 130 valence electrons. The lowest BCUT2D eigenvalue weighted by Gasteiger charge is -2.25. The molecule has 0 aromatic heterocycles. The third-order valence-electron chi connectivity index (χ3n) is 4.31. The minimum atomic E-state index is -0.241. The number of carbonyl (C=O) groups excluding carboxylic acids is 2. The summed E-state index contributed by atoms with van der Waals surface area (Å²) in [6.45, 7) is 0.779. The van der Waals surface area contributed by atoms with Gasteiger partial charge in [0.15, 0.2) is 0 Å². The van der Waals surface area contributed by atoms with Crippen LogP contribution in [-0.4, -0.2) is 31.6 Å². The fourth-order valence-electron chi connectivity index (χ4n) is 3.01. The highest BCUT2D eigenvalue weighted by Gasteiger charge is 2.21. The van der Waals surface area contributed by atoms with Gasteiger partial charge >= 0.3 is 5.97 Å². The highest BCUT2D eigenvalue weighted by atomic mass is 35.5. The molecule has 0 aromatic carbocycles. The van der Waals surface area contributed by atoms with Crippen molar-refractivity contribution in [1.82, 2.24) is 5.32 Å². The summed E-state index contributed by atoms with van der Waals surface area (Å²) in [7, 11) is 1.41. The van der Waals surface area contributed by atoms with Crippen LogP contribution in [0.4, 0.5) is 0 Å². The molecule has 0 radical (unpaired) electrons. The van der Waals surface area contributed by atoms with Gasteiger partial charge in [-0.25, -0.2) is 0 Å². The Bertz CT molecular complexity index is 321. The quantitative estimate of drug-likeness (QED) is 0.475. The minimum Gasteiger partial charge on any atom is -0.469 e. The summed E-state index contributed by atoms with van der Waals surface area (Å²) in [5.41, 5.74) is 5.49. The molecule has 22 heavy (non-hydrogen) atoms. The number of primary amides is 1. The molecule has 1 atom stereocenters. The molecule has 0 aromatic rings. The summed E-state index contributed by atoms with van der Waals surface area (Å²) in [6, 6.07) is -0.200. The van der Waals surface area contributed by atoms with E-state index in [1.165, 1.54) is 39.2 Å². The molecule has 6 heteroatoms. The summed E-state index contributed by atoms with van der Waals surface area (Å²) in [4.78, 5) is 22.5. The van der Waals surface area contributed by atoms with E-state index in [0.717, 1.165) is 32.2 Å². The Morgan fingerprint density at radius 1 is 1.18 bits per heavy atom. The Balaban J connectivity index is 0.00000441. The van der Waals surface area contributed by atoms with Gasteiger partial charge < -0.3 is 15.8 Å². The first-order valence-corrected chi connectivity index (χ1v) is 8.23. The highest BCUT2D eigenvalue weighted by molar-refractivity contribution is 5.85. The van der Waals surface area contributed by atoms with Crippen LogP contribution in [0.5, 0.6) is 0 Å². The number of amides is 1. The molecule has 0 bridgehead atoms. The number of nitrogens with one attached hydrogen (secondary N) is 1. The number of hydrogen-bond donors (Lipinski definition) is 2. The van der Waals surface area contributed by atoms with E-state index in [1.54, 1.807) is 0 Å². The van der Waals surface area contributed by atoms with Crippen LogP contribution in [0.1, 0.15) is 64.2 Å². The Labute approximate surface area is 140 Å². The molecule has 0 aliphatic heterocycles. The number of carbonyl (C=O) groups is 2. The fraction of sp³-hybridized carbons (Fsp3) is 0.875. The van der Waals surface area contributed by atoms with Gasteiger partial charge in [0.05, 0.1) is 13.2 Å². The Hall–Kier alpha value is -0.810. The third-order valence-corrected chi connectivity index (χ3v) is 4.31. The van der Waals surface area contributed by atoms with E-state index in [-0.39, 0.29) is 30.3 Å². The number of hydrogen-bond acceptors (Lipinski definition) is 4. The Morgan fingerprint density at radius 3 is 2.45 bits per heavy atom. The van der Waals surface area contributed by atoms with Crippen molar-refractivity contribution in [3.63, 3.8) is 0 Å². The zero-order valence-electron chi connectivity index (χ0n) is 13.6. The van der Waals surface area contributed by atoms with Crippen LogP contribution in [-0.2, 0) is 14.3 Å². The normalized spacial score (nSPS) is 16.6. The molecular weight excluding hydrogens is 304 g/mol. The minimum absolute atomic E-state index is 0. The lowest BCUT2D eigenvalue weighted by Crippen LogP contribution is -2.43. The van der Waals surface area contributed by atoms with Crippen molar-refractivity contribution in [3.05, 3.63) is 0 Å². The maximum absolute atomic E-state index is 11.5. The maximum atomic E-state index is 11.5. The molecule has 1 aliphatic rings. The summed E-state index contributed by atoms with van der Waals surface area (Å²) in [6.07, 6.45) is 10.4. The van der Waals surface area contributed by atoms with Gasteiger partial charge in [-0.15, -0.1) is 12.4 Å². The van der Waals surface area contributed by atoms with Crippen LogP contribution in [0.3, 0.4) is 0 Å². The Morgan fingerprint density at radius 2 is 1.86 bits per heavy atom. The smallest absolute Gasteiger partial charge is 0.305 e. The maximum Gasteiger partial charge on any atom is 0.305 e. The molecule has 0 heterocycles. The molecule has 0 unspecified atom stereocenters. The van der Waals surface area contributed by atoms with Crippen molar-refractivity contribution in [1.29, 1.82) is 0 Å². The largest absolute Gasteiger partial charge is 0.469 e. The van der Waals surface area contributed by atoms with Crippen LogP contribution < -0.4 is 11.1 Å². The first kappa shape index (κ1) is 21.2. The van der Waals surface area contributed by atoms with Crippen molar-refractivity contribution in [2.45, 2.75) is 70.3 Å². The zero-order valence-corrected chi connectivity index (χ0v) is 14.5. The molecule has 1 aliphatic carbocycles. The number of esters is 1. The van der Waals surface area contributed by atoms with Gasteiger partial charge in [0.1, 0.15) is 0 Å². The summed E-state index contributed by atoms with van der Waals surface area (Å²) >= 11 is 0. The first-order chi connectivity index (χ1) is 10.1. The second-order valence-corrected chi connectivity index (χ2v) is 6.04. The summed E-state index contributed by atoms with van der Waals surface area (Å²) in [5, 5.41) is 3.28. The number of halogens is 1. The van der Waals surface area contributed by atoms with Crippen LogP contribution in [0, 0.1) is 5.92 Å². The van der Waals surface area contributed by atoms with Gasteiger partial charge in [-0.1, -0.05) is 38.5 Å². The van der Waals surface area contributed by atoms with Crippen molar-refractivity contribution in [2.24, 2.45) is 11.7 Å². The number of unbranched alkanes of at least 4 members (excludes halogenated alkanes) is 2. The second-order valence-electron chi connectivity index (χ2n) is 6.04. The third kappa shape index (κ3) is 9.26. The van der Waals surface area contributed by atoms with Gasteiger partial charge in [-0.2, -0.15) is 0 Å². The van der Waals surface area contributed by atoms with E-state index in [9.17, 15) is 9.59 Å². The summed E-state index contributed by atoms with van der Waals surface area (Å²) in [5.74, 6) is 0.244. The van der Waals surface area contributed by atoms with Gasteiger partial charge in [0, 0.05) is 6.42 Å². The molecule has 1 rings (SSSR count). The van der Waals surface area contributed by atoms with E-state index in [1.807, 2.05) is 0 Å². The average molecular weight is 335 g/mol. The predicted octanol–water partition coefficient (Wildman–Crippen LogP) is 2.56. The average Bonchev–Trinajstić information content (AvgIpc) is 2.49. The van der Waals surface area contributed by atoms with E-state index in [4.69, 9.17) is 5.73 Å². The number of rotatable bonds is 10. The molecule has 1 saturated carbocycles. The van der Waals surface area contributed by atoms with Crippen molar-refractivity contribution in [3.8, 4) is 0 Å². The van der Waals surface area contributed by atoms with E-state index in [0.29, 0.717) is 12.3 Å². The number of ether oxygens (including phenoxy) is 1. The molecule has 0 spiro atoms. The van der Waals surface area contributed by atoms with Crippen LogP contribution in [0.25, 0.3) is 0 Å². The monoisotopic (exact) mass is 334 g/mol. The van der Waals surface area contributed by atoms with Crippen LogP contribution >= 0.6 is 12.4 Å². The predicted molar refractivity (Wildman–Crippen MR) is 89.9 cm³/mol. The lowest BCUT2D eigenvalue weighted by molar-refractivity contribution is -0.140. The fourth-order valence-corrected chi connectivity index (χ4v) is 3.01.